The van der Waals surface area contributed by atoms with Gasteiger partial charge in [-0.15, -0.1) is 0 Å². The molecule has 8 heteroatoms. The molecule has 0 aliphatic carbocycles. The first-order valence-corrected chi connectivity index (χ1v) is 8.65. The highest BCUT2D eigenvalue weighted by atomic mass is 32.2. The average Bonchev–Trinajstić information content (AvgIpc) is 2.46. The summed E-state index contributed by atoms with van der Waals surface area (Å²) in [5.41, 5.74) is 0.836. The van der Waals surface area contributed by atoms with Crippen molar-refractivity contribution in [2.24, 2.45) is 0 Å². The number of rotatable bonds is 4. The van der Waals surface area contributed by atoms with Crippen LogP contribution in [0.2, 0.25) is 0 Å². The van der Waals surface area contributed by atoms with Gasteiger partial charge >= 0.3 is 6.09 Å². The van der Waals surface area contributed by atoms with Gasteiger partial charge in [0.15, 0.2) is 0 Å². The van der Waals surface area contributed by atoms with E-state index in [2.05, 4.69) is 4.18 Å². The van der Waals surface area contributed by atoms with Crippen LogP contribution in [0.1, 0.15) is 12.0 Å². The molecule has 0 bridgehead atoms. The molecule has 1 amide bonds. The van der Waals surface area contributed by atoms with Gasteiger partial charge < -0.3 is 9.64 Å². The number of hydrogen-bond acceptors (Lipinski definition) is 5. The summed E-state index contributed by atoms with van der Waals surface area (Å²) in [6, 6.07) is 9.14. The minimum atomic E-state index is -3.72. The summed E-state index contributed by atoms with van der Waals surface area (Å²) in [4.78, 5) is 13.1. The van der Waals surface area contributed by atoms with Gasteiger partial charge in [0.1, 0.15) is 18.9 Å². The Morgan fingerprint density at radius 1 is 1.36 bits per heavy atom. The number of alkyl halides is 1. The highest BCUT2D eigenvalue weighted by molar-refractivity contribution is 7.86. The quantitative estimate of drug-likeness (QED) is 0.786. The first-order valence-electron chi connectivity index (χ1n) is 6.83. The van der Waals surface area contributed by atoms with E-state index < -0.39 is 28.5 Å². The fourth-order valence-electron chi connectivity index (χ4n) is 2.19. The van der Waals surface area contributed by atoms with E-state index in [-0.39, 0.29) is 26.1 Å². The average molecular weight is 331 g/mol. The zero-order valence-corrected chi connectivity index (χ0v) is 13.0. The van der Waals surface area contributed by atoms with E-state index in [4.69, 9.17) is 4.74 Å². The van der Waals surface area contributed by atoms with Crippen molar-refractivity contribution in [3.8, 4) is 0 Å². The molecule has 6 nitrogen and oxygen atoms in total. The van der Waals surface area contributed by atoms with Crippen molar-refractivity contribution in [3.05, 3.63) is 35.9 Å². The Morgan fingerprint density at radius 2 is 2.05 bits per heavy atom. The zero-order chi connectivity index (χ0) is 16.2. The lowest BCUT2D eigenvalue weighted by atomic mass is 10.1. The molecule has 1 heterocycles. The predicted molar refractivity (Wildman–Crippen MR) is 77.4 cm³/mol. The monoisotopic (exact) mass is 331 g/mol. The Bertz CT molecular complexity index is 607. The second-order valence-electron chi connectivity index (χ2n) is 5.13. The van der Waals surface area contributed by atoms with Crippen molar-refractivity contribution < 1.29 is 26.5 Å². The van der Waals surface area contributed by atoms with E-state index in [0.29, 0.717) is 0 Å². The van der Waals surface area contributed by atoms with E-state index in [1.165, 1.54) is 4.90 Å². The van der Waals surface area contributed by atoms with Crippen LogP contribution in [-0.4, -0.2) is 51.0 Å². The van der Waals surface area contributed by atoms with E-state index >= 15 is 0 Å². The van der Waals surface area contributed by atoms with Gasteiger partial charge in [0.05, 0.1) is 12.8 Å². The normalized spacial score (nSPS) is 22.4. The van der Waals surface area contributed by atoms with Gasteiger partial charge in [-0.05, 0) is 12.0 Å². The summed E-state index contributed by atoms with van der Waals surface area (Å²) in [5.74, 6) is 0. The van der Waals surface area contributed by atoms with E-state index in [0.717, 1.165) is 11.8 Å². The molecule has 0 aromatic heterocycles. The number of benzene rings is 1. The van der Waals surface area contributed by atoms with Crippen molar-refractivity contribution in [2.75, 3.05) is 19.3 Å². The number of likely N-dealkylation sites (tertiary alicyclic amines) is 1. The smallest absolute Gasteiger partial charge is 0.410 e. The summed E-state index contributed by atoms with van der Waals surface area (Å²) in [5, 5.41) is 0. The number of halogens is 1. The van der Waals surface area contributed by atoms with Crippen LogP contribution >= 0.6 is 0 Å². The number of carbonyl (C=O) groups is 1. The molecule has 2 rings (SSSR count). The Kier molecular flexibility index (Phi) is 5.36. The third-order valence-corrected chi connectivity index (χ3v) is 3.84. The number of hydrogen-bond donors (Lipinski definition) is 0. The van der Waals surface area contributed by atoms with Crippen LogP contribution in [0, 0.1) is 0 Å². The topological polar surface area (TPSA) is 72.9 Å². The largest absolute Gasteiger partial charge is 0.445 e. The van der Waals surface area contributed by atoms with Gasteiger partial charge in [0, 0.05) is 6.54 Å². The number of piperidine rings is 1. The first-order chi connectivity index (χ1) is 10.3. The second kappa shape index (κ2) is 7.06. The maximum Gasteiger partial charge on any atom is 0.410 e. The molecule has 122 valence electrons. The molecule has 1 aromatic carbocycles. The molecule has 1 aromatic rings. The molecule has 22 heavy (non-hydrogen) atoms. The lowest BCUT2D eigenvalue weighted by Crippen LogP contribution is -2.48. The molecule has 0 unspecified atom stereocenters. The molecular formula is C14H18FNO5S. The van der Waals surface area contributed by atoms with Crippen molar-refractivity contribution in [2.45, 2.75) is 25.3 Å². The van der Waals surface area contributed by atoms with Crippen LogP contribution in [0.15, 0.2) is 30.3 Å². The fraction of sp³-hybridized carbons (Fsp3) is 0.500. The molecule has 1 saturated heterocycles. The molecule has 2 atom stereocenters. The molecule has 0 spiro atoms. The zero-order valence-electron chi connectivity index (χ0n) is 12.1. The van der Waals surface area contributed by atoms with Gasteiger partial charge in [0.25, 0.3) is 10.1 Å². The van der Waals surface area contributed by atoms with Crippen molar-refractivity contribution in [1.82, 2.24) is 4.90 Å². The van der Waals surface area contributed by atoms with Gasteiger partial charge in [-0.3, -0.25) is 4.18 Å². The summed E-state index contributed by atoms with van der Waals surface area (Å²) >= 11 is 0. The molecule has 1 aliphatic rings. The van der Waals surface area contributed by atoms with E-state index in [1.807, 2.05) is 30.3 Å². The number of ether oxygens (including phenoxy) is 1. The van der Waals surface area contributed by atoms with Crippen LogP contribution in [0.4, 0.5) is 9.18 Å². The maximum atomic E-state index is 13.9. The fourth-order valence-corrected chi connectivity index (χ4v) is 2.86. The van der Waals surface area contributed by atoms with Crippen LogP contribution in [0.25, 0.3) is 0 Å². The number of carbonyl (C=O) groups excluding carboxylic acids is 1. The highest BCUT2D eigenvalue weighted by Crippen LogP contribution is 2.19. The van der Waals surface area contributed by atoms with Crippen LogP contribution in [0.3, 0.4) is 0 Å². The third-order valence-electron chi connectivity index (χ3n) is 3.24. The van der Waals surface area contributed by atoms with Gasteiger partial charge in [0.2, 0.25) is 0 Å². The Labute approximate surface area is 128 Å². The lowest BCUT2D eigenvalue weighted by Gasteiger charge is -2.33. The molecule has 1 fully saturated rings. The molecular weight excluding hydrogens is 313 g/mol. The number of nitrogens with zero attached hydrogens (tertiary/aromatic N) is 1. The standard InChI is InChI=1S/C14H18FNO5S/c1-22(18,19)21-13-7-8-16(9-12(13)15)14(17)20-10-11-5-3-2-4-6-11/h2-6,12-13H,7-10H2,1H3/t12-,13+/m0/s1. The van der Waals surface area contributed by atoms with Crippen LogP contribution in [-0.2, 0) is 25.6 Å². The van der Waals surface area contributed by atoms with E-state index in [1.54, 1.807) is 0 Å². The SMILES string of the molecule is CS(=O)(=O)O[C@@H]1CCN(C(=O)OCc2ccccc2)C[C@@H]1F. The molecule has 1 aliphatic heterocycles. The van der Waals surface area contributed by atoms with Crippen LogP contribution < -0.4 is 0 Å². The minimum absolute atomic E-state index is 0.106. The van der Waals surface area contributed by atoms with E-state index in [9.17, 15) is 17.6 Å². The predicted octanol–water partition coefficient (Wildman–Crippen LogP) is 1.71. The summed E-state index contributed by atoms with van der Waals surface area (Å²) in [6.45, 7) is 0.0540. The summed E-state index contributed by atoms with van der Waals surface area (Å²) < 4.78 is 45.7. The third kappa shape index (κ3) is 4.96. The molecule has 0 saturated carbocycles. The first kappa shape index (κ1) is 16.7. The maximum absolute atomic E-state index is 13.9. The lowest BCUT2D eigenvalue weighted by molar-refractivity contribution is 0.0180. The van der Waals surface area contributed by atoms with Gasteiger partial charge in [-0.25, -0.2) is 9.18 Å². The Balaban J connectivity index is 1.83. The van der Waals surface area contributed by atoms with Gasteiger partial charge in [-0.2, -0.15) is 8.42 Å². The summed E-state index contributed by atoms with van der Waals surface area (Å²) in [7, 11) is -3.72. The summed E-state index contributed by atoms with van der Waals surface area (Å²) in [6.07, 6.45) is -2.25. The Hall–Kier alpha value is -1.67. The van der Waals surface area contributed by atoms with Crippen molar-refractivity contribution in [3.63, 3.8) is 0 Å². The Morgan fingerprint density at radius 3 is 2.64 bits per heavy atom. The number of amides is 1. The second-order valence-corrected chi connectivity index (χ2v) is 6.73. The molecule has 0 N–H and O–H groups in total. The van der Waals surface area contributed by atoms with Crippen LogP contribution in [0.5, 0.6) is 0 Å². The van der Waals surface area contributed by atoms with Crippen molar-refractivity contribution >= 4 is 16.2 Å². The van der Waals surface area contributed by atoms with Crippen molar-refractivity contribution in [1.29, 1.82) is 0 Å². The molecule has 0 radical (unpaired) electrons. The highest BCUT2D eigenvalue weighted by Gasteiger charge is 2.34. The minimum Gasteiger partial charge on any atom is -0.445 e. The van der Waals surface area contributed by atoms with Gasteiger partial charge in [-0.1, -0.05) is 30.3 Å².